The van der Waals surface area contributed by atoms with Crippen LogP contribution in [0.2, 0.25) is 0 Å². The van der Waals surface area contributed by atoms with Gasteiger partial charge in [-0.1, -0.05) is 11.8 Å². The third kappa shape index (κ3) is 3.79. The maximum absolute atomic E-state index is 10.8. The van der Waals surface area contributed by atoms with E-state index in [1.807, 2.05) is 4.57 Å². The van der Waals surface area contributed by atoms with Crippen molar-refractivity contribution in [1.29, 1.82) is 0 Å². The number of fused-ring (bicyclic) bond motifs is 1. The van der Waals surface area contributed by atoms with Crippen LogP contribution in [0.25, 0.3) is 11.2 Å². The van der Waals surface area contributed by atoms with Crippen molar-refractivity contribution >= 4 is 40.7 Å². The molecule has 114 valence electrons. The zero-order valence-corrected chi connectivity index (χ0v) is 13.4. The van der Waals surface area contributed by atoms with E-state index in [4.69, 9.17) is 9.84 Å². The minimum Gasteiger partial charge on any atom is -0.481 e. The number of imidazole rings is 1. The first-order valence-electron chi connectivity index (χ1n) is 6.26. The number of rotatable bonds is 8. The van der Waals surface area contributed by atoms with Crippen molar-refractivity contribution in [3.8, 4) is 5.88 Å². The van der Waals surface area contributed by atoms with Crippen molar-refractivity contribution in [2.75, 3.05) is 24.9 Å². The Balaban J connectivity index is 2.38. The summed E-state index contributed by atoms with van der Waals surface area (Å²) in [4.78, 5) is 23.5. The van der Waals surface area contributed by atoms with Crippen LogP contribution >= 0.6 is 23.5 Å². The van der Waals surface area contributed by atoms with Gasteiger partial charge in [0.25, 0.3) is 0 Å². The molecule has 0 atom stereocenters. The number of carbonyl (C=O) groups is 1. The van der Waals surface area contributed by atoms with E-state index < -0.39 is 5.97 Å². The van der Waals surface area contributed by atoms with Crippen LogP contribution in [0.15, 0.2) is 11.5 Å². The molecule has 0 fully saturated rings. The lowest BCUT2D eigenvalue weighted by atomic mass is 10.4. The fourth-order valence-corrected chi connectivity index (χ4v) is 3.01. The topological polar surface area (TPSA) is 90.1 Å². The molecule has 0 unspecified atom stereocenters. The van der Waals surface area contributed by atoms with Gasteiger partial charge in [-0.2, -0.15) is 16.7 Å². The molecule has 0 radical (unpaired) electrons. The third-order valence-corrected chi connectivity index (χ3v) is 4.37. The highest BCUT2D eigenvalue weighted by Gasteiger charge is 2.17. The van der Waals surface area contributed by atoms with E-state index in [2.05, 4.69) is 21.2 Å². The average Bonchev–Trinajstić information content (AvgIpc) is 2.83. The highest BCUT2D eigenvalue weighted by molar-refractivity contribution is 7.99. The first-order valence-corrected chi connectivity index (χ1v) is 8.64. The zero-order chi connectivity index (χ0) is 15.2. The lowest BCUT2D eigenvalue weighted by molar-refractivity contribution is -0.133. The number of methoxy groups -OCH3 is 1. The molecule has 0 saturated carbocycles. The van der Waals surface area contributed by atoms with Crippen LogP contribution in [0.4, 0.5) is 0 Å². The maximum atomic E-state index is 10.8. The summed E-state index contributed by atoms with van der Waals surface area (Å²) in [7, 11) is 1.53. The van der Waals surface area contributed by atoms with Gasteiger partial charge in [-0.3, -0.25) is 4.79 Å². The summed E-state index contributed by atoms with van der Waals surface area (Å²) >= 11 is 2.95. The van der Waals surface area contributed by atoms with Crippen molar-refractivity contribution < 1.29 is 14.6 Å². The van der Waals surface area contributed by atoms with Crippen LogP contribution in [0.5, 0.6) is 5.88 Å². The summed E-state index contributed by atoms with van der Waals surface area (Å²) in [6.07, 6.45) is 4.44. The molecule has 2 aromatic rings. The van der Waals surface area contributed by atoms with Gasteiger partial charge in [0, 0.05) is 6.54 Å². The minimum atomic E-state index is -0.874. The SMILES string of the molecule is COc1ncnc2c1nc(SCC(=O)O)n2CCCSC. The molecular formula is C12H16N4O3S2. The molecule has 0 spiro atoms. The van der Waals surface area contributed by atoms with E-state index in [9.17, 15) is 4.79 Å². The van der Waals surface area contributed by atoms with Crippen LogP contribution < -0.4 is 4.74 Å². The lowest BCUT2D eigenvalue weighted by Gasteiger charge is -2.06. The van der Waals surface area contributed by atoms with Gasteiger partial charge in [0.05, 0.1) is 12.9 Å². The summed E-state index contributed by atoms with van der Waals surface area (Å²) in [5, 5.41) is 9.47. The number of aromatic nitrogens is 4. The molecule has 0 amide bonds. The number of aryl methyl sites for hydroxylation is 1. The van der Waals surface area contributed by atoms with Gasteiger partial charge in [-0.25, -0.2) is 9.97 Å². The Morgan fingerprint density at radius 3 is 2.95 bits per heavy atom. The molecule has 7 nitrogen and oxygen atoms in total. The Morgan fingerprint density at radius 2 is 2.29 bits per heavy atom. The van der Waals surface area contributed by atoms with E-state index in [1.165, 1.54) is 25.2 Å². The first-order chi connectivity index (χ1) is 10.2. The summed E-state index contributed by atoms with van der Waals surface area (Å²) in [6.45, 7) is 0.736. The van der Waals surface area contributed by atoms with E-state index in [0.29, 0.717) is 22.2 Å². The Morgan fingerprint density at radius 1 is 1.48 bits per heavy atom. The summed E-state index contributed by atoms with van der Waals surface area (Å²) in [6, 6.07) is 0. The monoisotopic (exact) mass is 328 g/mol. The molecule has 0 saturated heterocycles. The Bertz CT molecular complexity index is 632. The fraction of sp³-hybridized carbons (Fsp3) is 0.500. The number of carboxylic acids is 1. The Hall–Kier alpha value is -1.48. The molecule has 0 aliphatic heterocycles. The second kappa shape index (κ2) is 7.51. The van der Waals surface area contributed by atoms with E-state index in [-0.39, 0.29) is 5.75 Å². The third-order valence-electron chi connectivity index (χ3n) is 2.71. The molecular weight excluding hydrogens is 312 g/mol. The van der Waals surface area contributed by atoms with Gasteiger partial charge in [-0.15, -0.1) is 0 Å². The Kier molecular flexibility index (Phi) is 5.68. The van der Waals surface area contributed by atoms with E-state index in [0.717, 1.165) is 18.7 Å². The first kappa shape index (κ1) is 15.9. The maximum Gasteiger partial charge on any atom is 0.313 e. The summed E-state index contributed by atoms with van der Waals surface area (Å²) < 4.78 is 7.12. The van der Waals surface area contributed by atoms with Gasteiger partial charge < -0.3 is 14.4 Å². The highest BCUT2D eigenvalue weighted by Crippen LogP contribution is 2.27. The second-order valence-corrected chi connectivity index (χ2v) is 6.06. The number of hydrogen-bond acceptors (Lipinski definition) is 7. The standard InChI is InChI=1S/C12H16N4O3S2/c1-19-11-9-10(13-7-14-11)16(4-3-5-20-2)12(15-9)21-6-8(17)18/h7H,3-6H2,1-2H3,(H,17,18). The molecule has 0 bridgehead atoms. The molecule has 2 rings (SSSR count). The zero-order valence-electron chi connectivity index (χ0n) is 11.8. The van der Waals surface area contributed by atoms with E-state index in [1.54, 1.807) is 11.8 Å². The summed E-state index contributed by atoms with van der Waals surface area (Å²) in [5.41, 5.74) is 1.24. The minimum absolute atomic E-state index is 0.0401. The van der Waals surface area contributed by atoms with Crippen LogP contribution in [0.1, 0.15) is 6.42 Å². The smallest absolute Gasteiger partial charge is 0.313 e. The van der Waals surface area contributed by atoms with Crippen molar-refractivity contribution in [3.63, 3.8) is 0 Å². The quantitative estimate of drug-likeness (QED) is 0.579. The average molecular weight is 328 g/mol. The van der Waals surface area contributed by atoms with Crippen molar-refractivity contribution in [1.82, 2.24) is 19.5 Å². The number of nitrogens with zero attached hydrogens (tertiary/aromatic N) is 4. The molecule has 0 aliphatic carbocycles. The normalized spacial score (nSPS) is 11.0. The summed E-state index contributed by atoms with van der Waals surface area (Å²) in [5.74, 6) is 0.508. The fourth-order valence-electron chi connectivity index (χ4n) is 1.85. The molecule has 2 aromatic heterocycles. The number of hydrogen-bond donors (Lipinski definition) is 1. The number of thioether (sulfide) groups is 2. The number of aliphatic carboxylic acids is 1. The van der Waals surface area contributed by atoms with Crippen molar-refractivity contribution in [2.24, 2.45) is 0 Å². The van der Waals surface area contributed by atoms with Gasteiger partial charge in [-0.05, 0) is 18.4 Å². The molecule has 9 heteroatoms. The van der Waals surface area contributed by atoms with Crippen LogP contribution in [-0.4, -0.2) is 55.5 Å². The lowest BCUT2D eigenvalue weighted by Crippen LogP contribution is -2.05. The van der Waals surface area contributed by atoms with Gasteiger partial charge >= 0.3 is 5.97 Å². The van der Waals surface area contributed by atoms with Gasteiger partial charge in [0.2, 0.25) is 5.88 Å². The van der Waals surface area contributed by atoms with Crippen molar-refractivity contribution in [3.05, 3.63) is 6.33 Å². The van der Waals surface area contributed by atoms with Gasteiger partial charge in [0.15, 0.2) is 16.3 Å². The van der Waals surface area contributed by atoms with Crippen LogP contribution in [-0.2, 0) is 11.3 Å². The molecule has 0 aliphatic rings. The second-order valence-electron chi connectivity index (χ2n) is 4.13. The molecule has 21 heavy (non-hydrogen) atoms. The predicted octanol–water partition coefficient (Wildman–Crippen LogP) is 1.76. The molecule has 1 N–H and O–H groups in total. The van der Waals surface area contributed by atoms with E-state index >= 15 is 0 Å². The molecule has 2 heterocycles. The largest absolute Gasteiger partial charge is 0.481 e. The van der Waals surface area contributed by atoms with Crippen molar-refractivity contribution in [2.45, 2.75) is 18.1 Å². The van der Waals surface area contributed by atoms with Gasteiger partial charge in [0.1, 0.15) is 6.33 Å². The molecule has 0 aromatic carbocycles. The highest BCUT2D eigenvalue weighted by atomic mass is 32.2. The van der Waals surface area contributed by atoms with Crippen LogP contribution in [0, 0.1) is 0 Å². The predicted molar refractivity (Wildman–Crippen MR) is 83.2 cm³/mol. The van der Waals surface area contributed by atoms with Crippen LogP contribution in [0.3, 0.4) is 0 Å². The number of ether oxygens (including phenoxy) is 1. The Labute approximate surface area is 130 Å². The number of carboxylic acid groups (broad SMARTS) is 1.